The summed E-state index contributed by atoms with van der Waals surface area (Å²) in [5, 5.41) is 12.2. The lowest BCUT2D eigenvalue weighted by molar-refractivity contribution is 0.313. The number of H-pyrrole nitrogens is 2. The maximum atomic E-state index is 5.04. The second kappa shape index (κ2) is 9.13. The highest BCUT2D eigenvalue weighted by atomic mass is 15.3. The molecule has 1 aliphatic rings. The fraction of sp³-hybridized carbons (Fsp3) is 0.296. The van der Waals surface area contributed by atoms with E-state index in [1.54, 1.807) is 0 Å². The zero-order chi connectivity index (χ0) is 23.8. The Labute approximate surface area is 204 Å². The molecular formula is C27H30N8. The van der Waals surface area contributed by atoms with E-state index >= 15 is 0 Å². The first-order valence-electron chi connectivity index (χ1n) is 12.3. The number of rotatable bonds is 6. The number of nitrogens with one attached hydrogen (secondary N) is 3. The molecule has 0 amide bonds. The first kappa shape index (κ1) is 21.8. The number of pyridine rings is 1. The summed E-state index contributed by atoms with van der Waals surface area (Å²) in [4.78, 5) is 17.8. The van der Waals surface area contributed by atoms with Gasteiger partial charge in [-0.2, -0.15) is 5.10 Å². The highest BCUT2D eigenvalue weighted by molar-refractivity contribution is 5.97. The van der Waals surface area contributed by atoms with Crippen LogP contribution in [0.4, 0.5) is 5.69 Å². The van der Waals surface area contributed by atoms with Crippen molar-refractivity contribution < 1.29 is 0 Å². The SMILES string of the molecule is CCNCc1cncc(-c2ccc3[nH]nc(-c4nc5c(N6CCN(C)CC6)cccc5[nH]4)c3c2)c1. The van der Waals surface area contributed by atoms with Gasteiger partial charge in [-0.3, -0.25) is 10.1 Å². The summed E-state index contributed by atoms with van der Waals surface area (Å²) in [6.45, 7) is 7.99. The highest BCUT2D eigenvalue weighted by Gasteiger charge is 2.20. The highest BCUT2D eigenvalue weighted by Crippen LogP contribution is 2.33. The number of piperazine rings is 1. The third-order valence-electron chi connectivity index (χ3n) is 6.83. The lowest BCUT2D eigenvalue weighted by Crippen LogP contribution is -2.44. The molecule has 6 rings (SSSR count). The van der Waals surface area contributed by atoms with Crippen molar-refractivity contribution in [3.8, 4) is 22.6 Å². The molecule has 1 aliphatic heterocycles. The second-order valence-corrected chi connectivity index (χ2v) is 9.24. The van der Waals surface area contributed by atoms with Gasteiger partial charge in [0, 0.05) is 56.1 Å². The van der Waals surface area contributed by atoms with Crippen molar-refractivity contribution in [3.05, 3.63) is 60.4 Å². The van der Waals surface area contributed by atoms with Crippen LogP contribution < -0.4 is 10.2 Å². The molecular weight excluding hydrogens is 436 g/mol. The normalized spacial score (nSPS) is 14.9. The smallest absolute Gasteiger partial charge is 0.159 e. The van der Waals surface area contributed by atoms with Gasteiger partial charge in [0.15, 0.2) is 5.82 Å². The zero-order valence-electron chi connectivity index (χ0n) is 20.2. The molecule has 0 bridgehead atoms. The molecule has 0 spiro atoms. The van der Waals surface area contributed by atoms with Gasteiger partial charge in [0.2, 0.25) is 0 Å². The summed E-state index contributed by atoms with van der Waals surface area (Å²) in [6, 6.07) is 14.9. The summed E-state index contributed by atoms with van der Waals surface area (Å²) >= 11 is 0. The number of benzene rings is 2. The molecule has 0 atom stereocenters. The lowest BCUT2D eigenvalue weighted by atomic mass is 10.0. The summed E-state index contributed by atoms with van der Waals surface area (Å²) < 4.78 is 0. The van der Waals surface area contributed by atoms with Gasteiger partial charge < -0.3 is 20.1 Å². The van der Waals surface area contributed by atoms with Crippen LogP contribution in [0.25, 0.3) is 44.6 Å². The Bertz CT molecular complexity index is 1480. The van der Waals surface area contributed by atoms with E-state index in [1.165, 1.54) is 11.3 Å². The Balaban J connectivity index is 1.38. The zero-order valence-corrected chi connectivity index (χ0v) is 20.2. The van der Waals surface area contributed by atoms with E-state index in [0.29, 0.717) is 0 Å². The van der Waals surface area contributed by atoms with Crippen LogP contribution >= 0.6 is 0 Å². The Morgan fingerprint density at radius 3 is 2.71 bits per heavy atom. The van der Waals surface area contributed by atoms with Gasteiger partial charge in [-0.25, -0.2) is 4.98 Å². The van der Waals surface area contributed by atoms with Crippen molar-refractivity contribution >= 4 is 27.6 Å². The van der Waals surface area contributed by atoms with Crippen molar-refractivity contribution in [1.29, 1.82) is 0 Å². The predicted molar refractivity (Wildman–Crippen MR) is 142 cm³/mol. The number of imidazole rings is 1. The van der Waals surface area contributed by atoms with Crippen molar-refractivity contribution in [1.82, 2.24) is 35.4 Å². The van der Waals surface area contributed by atoms with Crippen LogP contribution in [0.1, 0.15) is 12.5 Å². The molecule has 8 nitrogen and oxygen atoms in total. The largest absolute Gasteiger partial charge is 0.367 e. The minimum atomic E-state index is 0.781. The molecule has 2 aromatic carbocycles. The second-order valence-electron chi connectivity index (χ2n) is 9.24. The number of likely N-dealkylation sites (N-methyl/N-ethyl adjacent to an activating group) is 1. The molecule has 0 radical (unpaired) electrons. The third kappa shape index (κ3) is 4.15. The molecule has 4 heterocycles. The van der Waals surface area contributed by atoms with Crippen LogP contribution in [-0.2, 0) is 6.54 Å². The van der Waals surface area contributed by atoms with Crippen LogP contribution in [0.3, 0.4) is 0 Å². The number of fused-ring (bicyclic) bond motifs is 2. The van der Waals surface area contributed by atoms with E-state index in [2.05, 4.69) is 91.7 Å². The quantitative estimate of drug-likeness (QED) is 0.350. The molecule has 3 aromatic heterocycles. The first-order valence-corrected chi connectivity index (χ1v) is 12.3. The number of anilines is 1. The van der Waals surface area contributed by atoms with Crippen molar-refractivity contribution in [2.45, 2.75) is 13.5 Å². The lowest BCUT2D eigenvalue weighted by Gasteiger charge is -2.34. The van der Waals surface area contributed by atoms with Gasteiger partial charge in [-0.05, 0) is 55.1 Å². The standard InChI is InChI=1S/C27H30N8/c1-3-28-15-18-13-20(17-29-16-18)19-7-8-22-21(14-19)25(33-32-22)27-30-23-5-4-6-24(26(23)31-27)35-11-9-34(2)10-12-35/h4-8,13-14,16-17,28H,3,9-12,15H2,1-2H3,(H,30,31)(H,32,33). The molecule has 0 saturated carbocycles. The number of hydrogen-bond acceptors (Lipinski definition) is 6. The van der Waals surface area contributed by atoms with Crippen LogP contribution in [0.5, 0.6) is 0 Å². The number of aromatic nitrogens is 5. The molecule has 5 aromatic rings. The minimum absolute atomic E-state index is 0.781. The molecule has 8 heteroatoms. The van der Waals surface area contributed by atoms with E-state index in [9.17, 15) is 0 Å². The molecule has 1 saturated heterocycles. The maximum absolute atomic E-state index is 5.04. The van der Waals surface area contributed by atoms with E-state index in [1.807, 2.05) is 12.4 Å². The van der Waals surface area contributed by atoms with Gasteiger partial charge in [-0.15, -0.1) is 0 Å². The van der Waals surface area contributed by atoms with Gasteiger partial charge in [0.25, 0.3) is 0 Å². The van der Waals surface area contributed by atoms with Gasteiger partial charge in [0.1, 0.15) is 11.2 Å². The molecule has 35 heavy (non-hydrogen) atoms. The van der Waals surface area contributed by atoms with E-state index < -0.39 is 0 Å². The molecule has 178 valence electrons. The maximum Gasteiger partial charge on any atom is 0.159 e. The molecule has 1 fully saturated rings. The third-order valence-corrected chi connectivity index (χ3v) is 6.83. The van der Waals surface area contributed by atoms with Crippen LogP contribution in [0.2, 0.25) is 0 Å². The van der Waals surface area contributed by atoms with Crippen LogP contribution in [0, 0.1) is 0 Å². The Morgan fingerprint density at radius 2 is 1.86 bits per heavy atom. The van der Waals surface area contributed by atoms with Gasteiger partial charge in [-0.1, -0.05) is 19.1 Å². The fourth-order valence-electron chi connectivity index (χ4n) is 4.82. The number of hydrogen-bond donors (Lipinski definition) is 3. The van der Waals surface area contributed by atoms with Gasteiger partial charge in [0.05, 0.1) is 16.7 Å². The molecule has 0 unspecified atom stereocenters. The average Bonchev–Trinajstić information content (AvgIpc) is 3.51. The van der Waals surface area contributed by atoms with Crippen molar-refractivity contribution in [2.75, 3.05) is 44.7 Å². The minimum Gasteiger partial charge on any atom is -0.367 e. The summed E-state index contributed by atoms with van der Waals surface area (Å²) in [6.07, 6.45) is 3.83. The van der Waals surface area contributed by atoms with Crippen LogP contribution in [0.15, 0.2) is 54.9 Å². The Morgan fingerprint density at radius 1 is 0.971 bits per heavy atom. The van der Waals surface area contributed by atoms with Crippen molar-refractivity contribution in [3.63, 3.8) is 0 Å². The fourth-order valence-corrected chi connectivity index (χ4v) is 4.82. The van der Waals surface area contributed by atoms with E-state index in [0.717, 1.165) is 83.9 Å². The summed E-state index contributed by atoms with van der Waals surface area (Å²) in [5.41, 5.74) is 8.41. The predicted octanol–water partition coefficient (Wildman–Crippen LogP) is 4.03. The Kier molecular flexibility index (Phi) is 5.67. The average molecular weight is 467 g/mol. The van der Waals surface area contributed by atoms with E-state index in [-0.39, 0.29) is 0 Å². The summed E-state index contributed by atoms with van der Waals surface area (Å²) in [5.74, 6) is 0.781. The number of nitrogens with zero attached hydrogens (tertiary/aromatic N) is 5. The van der Waals surface area contributed by atoms with E-state index in [4.69, 9.17) is 4.98 Å². The van der Waals surface area contributed by atoms with Crippen LogP contribution in [-0.4, -0.2) is 69.8 Å². The van der Waals surface area contributed by atoms with Gasteiger partial charge >= 0.3 is 0 Å². The van der Waals surface area contributed by atoms with Crippen molar-refractivity contribution in [2.24, 2.45) is 0 Å². The molecule has 3 N–H and O–H groups in total. The first-order chi connectivity index (χ1) is 17.2. The monoisotopic (exact) mass is 466 g/mol. The molecule has 0 aliphatic carbocycles. The topological polar surface area (TPSA) is 88.8 Å². The Hall–Kier alpha value is -3.75. The number of para-hydroxylation sites is 1. The summed E-state index contributed by atoms with van der Waals surface area (Å²) in [7, 11) is 2.18. The number of aromatic amines is 2.